The average molecular weight is 281 g/mol. The maximum atomic E-state index is 10.5. The van der Waals surface area contributed by atoms with Gasteiger partial charge in [0, 0.05) is 6.04 Å². The molecule has 0 radical (unpaired) electrons. The fourth-order valence-corrected chi connectivity index (χ4v) is 1.95. The second-order valence-electron chi connectivity index (χ2n) is 5.30. The molecule has 0 aliphatic carbocycles. The third kappa shape index (κ3) is 4.92. The Morgan fingerprint density at radius 3 is 2.10 bits per heavy atom. The minimum absolute atomic E-state index is 0.159. The number of hydrogen-bond acceptors (Lipinski definition) is 4. The van der Waals surface area contributed by atoms with Crippen LogP contribution in [0.2, 0.25) is 0 Å². The molecule has 3 N–H and O–H groups in total. The minimum atomic E-state index is -0.969. The van der Waals surface area contributed by atoms with E-state index in [1.54, 1.807) is 20.8 Å². The number of ether oxygens (including phenoxy) is 2. The maximum Gasteiger partial charge on any atom is 0.335 e. The highest BCUT2D eigenvalue weighted by Gasteiger charge is 2.42. The number of carbonyl (C=O) groups is 1. The molecule has 1 aliphatic rings. The van der Waals surface area contributed by atoms with Crippen molar-refractivity contribution in [1.82, 2.24) is 0 Å². The molecule has 0 bridgehead atoms. The second kappa shape index (κ2) is 6.83. The first kappa shape index (κ1) is 16.6. The van der Waals surface area contributed by atoms with Crippen LogP contribution in [0.3, 0.4) is 0 Å². The Morgan fingerprint density at radius 1 is 1.30 bits per heavy atom. The highest BCUT2D eigenvalue weighted by atomic mass is 16.8. The van der Waals surface area contributed by atoms with E-state index >= 15 is 0 Å². The Balaban J connectivity index is 0.000000204. The lowest BCUT2D eigenvalue weighted by Gasteiger charge is -2.15. The number of benzene rings is 1. The molecule has 0 saturated carbocycles. The van der Waals surface area contributed by atoms with E-state index in [1.807, 2.05) is 37.3 Å². The summed E-state index contributed by atoms with van der Waals surface area (Å²) < 4.78 is 10.3. The number of carboxylic acids is 1. The molecule has 0 amide bonds. The smallest absolute Gasteiger partial charge is 0.335 e. The number of carboxylic acid groups (broad SMARTS) is 1. The molecule has 20 heavy (non-hydrogen) atoms. The van der Waals surface area contributed by atoms with Crippen LogP contribution in [0.15, 0.2) is 30.3 Å². The zero-order valence-electron chi connectivity index (χ0n) is 12.4. The summed E-state index contributed by atoms with van der Waals surface area (Å²) in [6.07, 6.45) is -1.20. The lowest BCUT2D eigenvalue weighted by molar-refractivity contribution is -0.165. The predicted octanol–water partition coefficient (Wildman–Crippen LogP) is 2.32. The molecular weight excluding hydrogens is 258 g/mol. The van der Waals surface area contributed by atoms with Crippen LogP contribution in [0.4, 0.5) is 0 Å². The van der Waals surface area contributed by atoms with Gasteiger partial charge in [0.1, 0.15) is 0 Å². The van der Waals surface area contributed by atoms with Crippen molar-refractivity contribution in [2.24, 2.45) is 5.73 Å². The van der Waals surface area contributed by atoms with Crippen molar-refractivity contribution < 1.29 is 19.4 Å². The number of rotatable bonds is 2. The van der Waals surface area contributed by atoms with Gasteiger partial charge in [0.25, 0.3) is 0 Å². The Labute approximate surface area is 119 Å². The van der Waals surface area contributed by atoms with E-state index in [0.717, 1.165) is 0 Å². The first-order valence-corrected chi connectivity index (χ1v) is 6.62. The van der Waals surface area contributed by atoms with Gasteiger partial charge in [-0.25, -0.2) is 4.79 Å². The number of hydrogen-bond donors (Lipinski definition) is 2. The summed E-state index contributed by atoms with van der Waals surface area (Å²) in [6.45, 7) is 7.07. The van der Waals surface area contributed by atoms with Crippen LogP contribution in [0.5, 0.6) is 0 Å². The van der Waals surface area contributed by atoms with Gasteiger partial charge >= 0.3 is 5.97 Å². The van der Waals surface area contributed by atoms with E-state index in [1.165, 1.54) is 5.56 Å². The van der Waals surface area contributed by atoms with Crippen molar-refractivity contribution in [3.63, 3.8) is 0 Å². The van der Waals surface area contributed by atoms with Crippen LogP contribution >= 0.6 is 0 Å². The third-order valence-electron chi connectivity index (χ3n) is 2.88. The topological polar surface area (TPSA) is 81.8 Å². The quantitative estimate of drug-likeness (QED) is 0.869. The summed E-state index contributed by atoms with van der Waals surface area (Å²) in [7, 11) is 0. The van der Waals surface area contributed by atoms with Crippen molar-refractivity contribution in [1.29, 1.82) is 0 Å². The standard InChI is InChI=1S/C8H11N.C7H12O4/c1-7(9)8-5-3-2-4-6-8;1-4-5(6(8)9)11-7(2,3)10-4/h2-7H,9H2,1H3;4-5H,1-3H3,(H,8,9). The van der Waals surface area contributed by atoms with E-state index in [4.69, 9.17) is 20.3 Å². The fraction of sp³-hybridized carbons (Fsp3) is 0.533. The molecule has 1 aromatic carbocycles. The Morgan fingerprint density at radius 2 is 1.85 bits per heavy atom. The highest BCUT2D eigenvalue weighted by molar-refractivity contribution is 5.73. The number of nitrogens with two attached hydrogens (primary N) is 1. The van der Waals surface area contributed by atoms with Gasteiger partial charge < -0.3 is 20.3 Å². The molecule has 5 heteroatoms. The summed E-state index contributed by atoms with van der Waals surface area (Å²) in [4.78, 5) is 10.5. The summed E-state index contributed by atoms with van der Waals surface area (Å²) in [5, 5.41) is 8.61. The van der Waals surface area contributed by atoms with E-state index in [2.05, 4.69) is 0 Å². The summed E-state index contributed by atoms with van der Waals surface area (Å²) in [5.41, 5.74) is 6.81. The number of aliphatic carboxylic acids is 1. The van der Waals surface area contributed by atoms with Crippen LogP contribution < -0.4 is 5.73 Å². The molecule has 3 atom stereocenters. The van der Waals surface area contributed by atoms with Gasteiger partial charge in [-0.2, -0.15) is 0 Å². The lowest BCUT2D eigenvalue weighted by atomic mass is 10.1. The molecule has 0 spiro atoms. The van der Waals surface area contributed by atoms with Crippen LogP contribution in [-0.4, -0.2) is 29.1 Å². The molecule has 1 saturated heterocycles. The molecule has 1 aliphatic heterocycles. The Kier molecular flexibility index (Phi) is 5.68. The van der Waals surface area contributed by atoms with Gasteiger partial charge in [-0.15, -0.1) is 0 Å². The van der Waals surface area contributed by atoms with Crippen LogP contribution in [0.25, 0.3) is 0 Å². The molecule has 2 rings (SSSR count). The van der Waals surface area contributed by atoms with E-state index in [9.17, 15) is 4.79 Å². The molecule has 1 fully saturated rings. The highest BCUT2D eigenvalue weighted by Crippen LogP contribution is 2.27. The van der Waals surface area contributed by atoms with Crippen molar-refractivity contribution in [2.75, 3.05) is 0 Å². The Hall–Kier alpha value is -1.43. The van der Waals surface area contributed by atoms with Crippen LogP contribution in [0, 0.1) is 0 Å². The van der Waals surface area contributed by atoms with Crippen molar-refractivity contribution in [2.45, 2.75) is 51.7 Å². The van der Waals surface area contributed by atoms with Crippen molar-refractivity contribution in [3.8, 4) is 0 Å². The fourth-order valence-electron chi connectivity index (χ4n) is 1.95. The SMILES string of the molecule is CC(N)c1ccccc1.CC1OC(C)(C)OC1C(=O)O. The zero-order chi connectivity index (χ0) is 15.3. The molecule has 1 heterocycles. The summed E-state index contributed by atoms with van der Waals surface area (Å²) >= 11 is 0. The molecule has 112 valence electrons. The molecule has 1 aromatic rings. The van der Waals surface area contributed by atoms with Gasteiger partial charge in [-0.3, -0.25) is 0 Å². The van der Waals surface area contributed by atoms with Gasteiger partial charge in [0.2, 0.25) is 0 Å². The maximum absolute atomic E-state index is 10.5. The van der Waals surface area contributed by atoms with Crippen molar-refractivity contribution in [3.05, 3.63) is 35.9 Å². The normalized spacial score (nSPS) is 25.4. The van der Waals surface area contributed by atoms with Gasteiger partial charge in [0.05, 0.1) is 6.10 Å². The Bertz CT molecular complexity index is 431. The summed E-state index contributed by atoms with van der Waals surface area (Å²) in [5.74, 6) is -1.73. The minimum Gasteiger partial charge on any atom is -0.479 e. The van der Waals surface area contributed by atoms with Gasteiger partial charge in [0.15, 0.2) is 11.9 Å². The van der Waals surface area contributed by atoms with E-state index in [0.29, 0.717) is 0 Å². The van der Waals surface area contributed by atoms with E-state index in [-0.39, 0.29) is 12.1 Å². The summed E-state index contributed by atoms with van der Waals surface area (Å²) in [6, 6.07) is 10.2. The second-order valence-corrected chi connectivity index (χ2v) is 5.30. The molecule has 5 nitrogen and oxygen atoms in total. The molecule has 3 unspecified atom stereocenters. The predicted molar refractivity (Wildman–Crippen MR) is 76.2 cm³/mol. The van der Waals surface area contributed by atoms with Crippen LogP contribution in [0.1, 0.15) is 39.3 Å². The first-order valence-electron chi connectivity index (χ1n) is 6.62. The average Bonchev–Trinajstić information content (AvgIpc) is 2.65. The van der Waals surface area contributed by atoms with E-state index < -0.39 is 17.9 Å². The lowest BCUT2D eigenvalue weighted by Crippen LogP contribution is -2.29. The molecular formula is C15H23NO4. The van der Waals surface area contributed by atoms with Gasteiger partial charge in [-0.05, 0) is 33.3 Å². The van der Waals surface area contributed by atoms with Crippen molar-refractivity contribution >= 4 is 5.97 Å². The largest absolute Gasteiger partial charge is 0.479 e. The van der Waals surface area contributed by atoms with Crippen LogP contribution in [-0.2, 0) is 14.3 Å². The van der Waals surface area contributed by atoms with Gasteiger partial charge in [-0.1, -0.05) is 30.3 Å². The monoisotopic (exact) mass is 281 g/mol. The third-order valence-corrected chi connectivity index (χ3v) is 2.88. The first-order chi connectivity index (χ1) is 9.23. The zero-order valence-corrected chi connectivity index (χ0v) is 12.4. The molecule has 0 aromatic heterocycles.